The second kappa shape index (κ2) is 17.1. The van der Waals surface area contributed by atoms with E-state index >= 15 is 0 Å². The van der Waals surface area contributed by atoms with E-state index in [-0.39, 0.29) is 6.10 Å². The number of aromatic nitrogens is 4. The minimum Gasteiger partial charge on any atom is -0.454 e. The highest BCUT2D eigenvalue weighted by Crippen LogP contribution is 2.31. The van der Waals surface area contributed by atoms with Gasteiger partial charge in [0.05, 0.1) is 16.7 Å². The summed E-state index contributed by atoms with van der Waals surface area (Å²) in [6, 6.07) is 33.4. The Labute approximate surface area is 341 Å². The summed E-state index contributed by atoms with van der Waals surface area (Å²) in [7, 11) is -4.94. The Hall–Kier alpha value is -6.92. The summed E-state index contributed by atoms with van der Waals surface area (Å²) in [4.78, 5) is 37.7. The van der Waals surface area contributed by atoms with Crippen LogP contribution in [0.15, 0.2) is 136 Å². The van der Waals surface area contributed by atoms with Gasteiger partial charge in [-0.3, -0.25) is 4.98 Å². The third-order valence-electron chi connectivity index (χ3n) is 8.82. The zero-order valence-electron chi connectivity index (χ0n) is 32.4. The molecule has 0 atom stereocenters. The maximum absolute atomic E-state index is 11.5. The highest BCUT2D eigenvalue weighted by Gasteiger charge is 2.20. The Balaban J connectivity index is 0.000000152. The molecule has 1 aliphatic rings. The molecular formula is C43H35ClN6O10. The van der Waals surface area contributed by atoms with Gasteiger partial charge in [0.1, 0.15) is 17.0 Å². The van der Waals surface area contributed by atoms with E-state index in [0.29, 0.717) is 40.1 Å². The van der Waals surface area contributed by atoms with Gasteiger partial charge in [-0.15, -0.1) is 15.3 Å². The summed E-state index contributed by atoms with van der Waals surface area (Å²) in [6.45, 7) is 7.28. The van der Waals surface area contributed by atoms with Crippen LogP contribution in [0.1, 0.15) is 43.4 Å². The molecule has 5 aromatic heterocycles. The van der Waals surface area contributed by atoms with Crippen LogP contribution in [0.3, 0.4) is 0 Å². The standard InChI is InChI=1S/C20H14N4O2.C20H12N2O3.C3H8O.ClHO4/c1-11-8-13-9-17-18(26-20(25)22-17)10-14(13)19(24-23-11)16-7-6-12-4-2-3-5-15(12)21-16;1-11-8-13-9-17-18(25-20(23)22-17)10-14(13)19(24-11)16-7-6-12-4-2-3-5-15(12)21-16;1-3(2)4;2-1(3,4)5/h2-7,9-10H,8H2,1H3,(H,22,25);2-10H,1H3;3-4H,1-2H3;(H,2,3,4,5). The number of H-pyrrole nitrogens is 2. The molecule has 0 amide bonds. The predicted molar refractivity (Wildman–Crippen MR) is 213 cm³/mol. The number of halogens is 1. The number of rotatable bonds is 2. The van der Waals surface area contributed by atoms with Gasteiger partial charge in [-0.2, -0.15) is 10.1 Å². The molecule has 60 heavy (non-hydrogen) atoms. The van der Waals surface area contributed by atoms with Gasteiger partial charge in [0, 0.05) is 52.1 Å². The van der Waals surface area contributed by atoms with Gasteiger partial charge < -0.3 is 18.4 Å². The first-order chi connectivity index (χ1) is 28.6. The van der Waals surface area contributed by atoms with Gasteiger partial charge in [-0.05, 0) is 93.2 Å². The van der Waals surface area contributed by atoms with Crippen molar-refractivity contribution in [2.75, 3.05) is 0 Å². The van der Waals surface area contributed by atoms with Gasteiger partial charge in [0.2, 0.25) is 17.0 Å². The number of nitrogens with one attached hydrogen (secondary N) is 2. The van der Waals surface area contributed by atoms with Gasteiger partial charge in [-0.1, -0.05) is 36.4 Å². The number of hydrogen-bond donors (Lipinski definition) is 2. The number of hydrogen-bond acceptors (Lipinski definition) is 14. The van der Waals surface area contributed by atoms with Crippen LogP contribution in [0.5, 0.6) is 0 Å². The van der Waals surface area contributed by atoms with Crippen molar-refractivity contribution in [1.82, 2.24) is 15.0 Å². The molecule has 0 bridgehead atoms. The Morgan fingerprint density at radius 2 is 1.45 bits per heavy atom. The molecule has 304 valence electrons. The molecule has 0 saturated carbocycles. The van der Waals surface area contributed by atoms with Crippen LogP contribution in [0.25, 0.3) is 66.2 Å². The number of aliphatic hydroxyl groups excluding tert-OH is 1. The number of oxazole rings is 2. The first-order valence-corrected chi connectivity index (χ1v) is 19.5. The van der Waals surface area contributed by atoms with Crippen molar-refractivity contribution in [2.24, 2.45) is 10.2 Å². The maximum atomic E-state index is 11.5. The highest BCUT2D eigenvalue weighted by atomic mass is 35.7. The van der Waals surface area contributed by atoms with Crippen molar-refractivity contribution >= 4 is 66.2 Å². The van der Waals surface area contributed by atoms with Crippen LogP contribution in [0.4, 0.5) is 0 Å². The number of aliphatic hydroxyl groups is 1. The molecule has 0 spiro atoms. The third kappa shape index (κ3) is 9.84. The molecule has 16 nitrogen and oxygen atoms in total. The van der Waals surface area contributed by atoms with Gasteiger partial charge in [0.25, 0.3) is 0 Å². The molecule has 0 unspecified atom stereocenters. The highest BCUT2D eigenvalue weighted by molar-refractivity contribution is 6.15. The van der Waals surface area contributed by atoms with Gasteiger partial charge in [0.15, 0.2) is 11.2 Å². The maximum Gasteiger partial charge on any atom is 0.439 e. The second-order valence-corrected chi connectivity index (χ2v) is 14.6. The summed E-state index contributed by atoms with van der Waals surface area (Å²) >= 11 is 0. The topological polar surface area (TPSA) is 266 Å². The third-order valence-corrected chi connectivity index (χ3v) is 8.82. The van der Waals surface area contributed by atoms with E-state index in [1.807, 2.05) is 105 Å². The number of para-hydroxylation sites is 2. The fourth-order valence-electron chi connectivity index (χ4n) is 6.49. The zero-order valence-corrected chi connectivity index (χ0v) is 33.1. The van der Waals surface area contributed by atoms with Crippen LogP contribution >= 0.6 is 0 Å². The summed E-state index contributed by atoms with van der Waals surface area (Å²) in [5.74, 6) is 0.423. The number of nitrogens with zero attached hydrogens (tertiary/aromatic N) is 4. The largest absolute Gasteiger partial charge is 0.454 e. The molecule has 10 rings (SSSR count). The van der Waals surface area contributed by atoms with Crippen molar-refractivity contribution in [1.29, 1.82) is 0 Å². The van der Waals surface area contributed by atoms with Crippen LogP contribution < -0.4 is 35.1 Å². The molecule has 0 radical (unpaired) electrons. The van der Waals surface area contributed by atoms with E-state index < -0.39 is 21.8 Å². The monoisotopic (exact) mass is 830 g/mol. The smallest absolute Gasteiger partial charge is 0.439 e. The fourth-order valence-corrected chi connectivity index (χ4v) is 6.49. The Morgan fingerprint density at radius 3 is 2.22 bits per heavy atom. The lowest BCUT2D eigenvalue weighted by atomic mass is 9.96. The predicted octanol–water partition coefficient (Wildman–Crippen LogP) is 2.95. The molecule has 1 aliphatic heterocycles. The van der Waals surface area contributed by atoms with E-state index in [9.17, 15) is 9.59 Å². The molecular weight excluding hydrogens is 796 g/mol. The normalized spacial score (nSPS) is 12.5. The lowest BCUT2D eigenvalue weighted by molar-refractivity contribution is -2.00. The minimum absolute atomic E-state index is 0.167. The van der Waals surface area contributed by atoms with Crippen LogP contribution in [0, 0.1) is 17.2 Å². The van der Waals surface area contributed by atoms with Crippen molar-refractivity contribution in [3.8, 4) is 11.5 Å². The molecule has 4 aromatic carbocycles. The SMILES string of the molecule is CC(C)O.CC1=NN=C(c2ccc3ccccc3n2)c2cc3oc(=O)[nH]c3cc2C1.Cc1cc2cc3nc(=O)oc3cc2c(-c2ccc3ccccc3[nH+]2)o1.[O-][Cl+3]([O-])([O-])[O-]. The molecule has 0 aliphatic carbocycles. The Kier molecular flexibility index (Phi) is 11.8. The molecule has 6 heterocycles. The first-order valence-electron chi connectivity index (χ1n) is 18.3. The molecule has 0 fully saturated rings. The van der Waals surface area contributed by atoms with Crippen molar-refractivity contribution in [2.45, 2.75) is 40.2 Å². The second-order valence-electron chi connectivity index (χ2n) is 13.9. The lowest BCUT2D eigenvalue weighted by Gasteiger charge is -2.17. The number of benzene rings is 4. The van der Waals surface area contributed by atoms with E-state index in [2.05, 4.69) is 31.2 Å². The molecule has 17 heteroatoms. The number of fused-ring (bicyclic) bond motifs is 6. The zero-order chi connectivity index (χ0) is 42.7. The van der Waals surface area contributed by atoms with E-state index in [0.717, 1.165) is 66.6 Å². The van der Waals surface area contributed by atoms with E-state index in [1.165, 1.54) is 0 Å². The molecule has 0 saturated heterocycles. The van der Waals surface area contributed by atoms with Crippen LogP contribution in [-0.4, -0.2) is 37.6 Å². The molecule has 3 N–H and O–H groups in total. The van der Waals surface area contributed by atoms with Crippen molar-refractivity contribution in [3.05, 3.63) is 147 Å². The Morgan fingerprint density at radius 1 is 0.750 bits per heavy atom. The van der Waals surface area contributed by atoms with Crippen LogP contribution in [0.2, 0.25) is 0 Å². The van der Waals surface area contributed by atoms with Crippen molar-refractivity contribution < 1.29 is 52.2 Å². The Bertz CT molecular complexity index is 3210. The quantitative estimate of drug-likeness (QED) is 0.255. The number of pyridine rings is 2. The summed E-state index contributed by atoms with van der Waals surface area (Å²) < 4.78 is 50.4. The summed E-state index contributed by atoms with van der Waals surface area (Å²) in [5, 5.41) is 20.8. The summed E-state index contributed by atoms with van der Waals surface area (Å²) in [5.41, 5.74) is 9.17. The molecule has 9 aromatic rings. The van der Waals surface area contributed by atoms with Gasteiger partial charge >= 0.3 is 11.5 Å². The van der Waals surface area contributed by atoms with E-state index in [1.54, 1.807) is 19.9 Å². The fraction of sp³-hybridized carbons (Fsp3) is 0.140. The van der Waals surface area contributed by atoms with Gasteiger partial charge in [-0.25, -0.2) is 38.2 Å². The van der Waals surface area contributed by atoms with Crippen LogP contribution in [-0.2, 0) is 6.42 Å². The number of aromatic amines is 2. The summed E-state index contributed by atoms with van der Waals surface area (Å²) in [6.07, 6.45) is 0.485. The first kappa shape index (κ1) is 41.2. The average molecular weight is 831 g/mol. The average Bonchev–Trinajstić information content (AvgIpc) is 3.69. The van der Waals surface area contributed by atoms with Crippen molar-refractivity contribution in [3.63, 3.8) is 0 Å². The lowest BCUT2D eigenvalue weighted by Crippen LogP contribution is -2.68. The minimum atomic E-state index is -4.94. The van der Waals surface area contributed by atoms with E-state index in [4.69, 9.17) is 42.0 Å². The number of aryl methyl sites for hydroxylation is 1.